The second-order valence-corrected chi connectivity index (χ2v) is 7.91. The highest BCUT2D eigenvalue weighted by atomic mass is 79.9. The largest absolute Gasteiger partial charge is 0.295 e. The van der Waals surface area contributed by atoms with Gasteiger partial charge in [0.15, 0.2) is 0 Å². The Labute approximate surface area is 172 Å². The number of halogens is 2. The zero-order chi connectivity index (χ0) is 19.0. The van der Waals surface area contributed by atoms with Crippen LogP contribution in [0.4, 0.5) is 5.69 Å². The van der Waals surface area contributed by atoms with Gasteiger partial charge >= 0.3 is 0 Å². The lowest BCUT2D eigenvalue weighted by atomic mass is 10.1. The molecule has 0 saturated heterocycles. The van der Waals surface area contributed by atoms with Crippen LogP contribution in [0.5, 0.6) is 0 Å². The first kappa shape index (κ1) is 17.9. The quantitative estimate of drug-likeness (QED) is 0.361. The fraction of sp³-hybridized carbons (Fsp3) is 0.0476. The molecule has 1 heterocycles. The Kier molecular flexibility index (Phi) is 4.85. The van der Waals surface area contributed by atoms with Gasteiger partial charge in [0.05, 0.1) is 16.9 Å². The first-order chi connectivity index (χ1) is 13.0. The molecule has 1 N–H and O–H groups in total. The Balaban J connectivity index is 1.77. The van der Waals surface area contributed by atoms with Crippen LogP contribution < -0.4 is 5.56 Å². The highest BCUT2D eigenvalue weighted by Crippen LogP contribution is 2.31. The monoisotopic (exact) mass is 483 g/mol. The van der Waals surface area contributed by atoms with E-state index in [0.29, 0.717) is 5.56 Å². The summed E-state index contributed by atoms with van der Waals surface area (Å²) >= 11 is 6.98. The number of nitrogens with zero attached hydrogens (tertiary/aromatic N) is 2. The number of fused-ring (bicyclic) bond motifs is 1. The van der Waals surface area contributed by atoms with E-state index >= 15 is 0 Å². The smallest absolute Gasteiger partial charge is 0.280 e. The molecule has 6 heteroatoms. The Morgan fingerprint density at radius 2 is 1.67 bits per heavy atom. The standard InChI is InChI=1S/C21H15Br2N3O/c1-13-18(21(27)26(25-13)15-8-6-14(22)7-9-15)12-24-20-11-10-19(23)16-4-2-3-5-17(16)20/h2-12,25H,1H3. The van der Waals surface area contributed by atoms with E-state index in [1.54, 1.807) is 6.21 Å². The average molecular weight is 485 g/mol. The van der Waals surface area contributed by atoms with Crippen LogP contribution in [0.15, 0.2) is 79.4 Å². The minimum absolute atomic E-state index is 0.125. The van der Waals surface area contributed by atoms with Gasteiger partial charge < -0.3 is 0 Å². The lowest BCUT2D eigenvalue weighted by Gasteiger charge is -2.03. The van der Waals surface area contributed by atoms with Crippen LogP contribution in [0, 0.1) is 6.92 Å². The van der Waals surface area contributed by atoms with E-state index in [-0.39, 0.29) is 5.56 Å². The van der Waals surface area contributed by atoms with Crippen molar-refractivity contribution in [2.45, 2.75) is 6.92 Å². The minimum atomic E-state index is -0.125. The molecule has 0 aliphatic heterocycles. The molecule has 4 rings (SSSR count). The molecule has 4 aromatic rings. The summed E-state index contributed by atoms with van der Waals surface area (Å²) in [6.07, 6.45) is 1.64. The number of hydrogen-bond acceptors (Lipinski definition) is 2. The Hall–Kier alpha value is -2.44. The minimum Gasteiger partial charge on any atom is -0.295 e. The van der Waals surface area contributed by atoms with E-state index in [2.05, 4.69) is 42.0 Å². The van der Waals surface area contributed by atoms with Crippen molar-refractivity contribution in [2.24, 2.45) is 4.99 Å². The van der Waals surface area contributed by atoms with Crippen LogP contribution >= 0.6 is 31.9 Å². The zero-order valence-electron chi connectivity index (χ0n) is 14.4. The number of aromatic nitrogens is 2. The third kappa shape index (κ3) is 3.42. The number of hydrogen-bond donors (Lipinski definition) is 1. The van der Waals surface area contributed by atoms with Crippen molar-refractivity contribution in [1.82, 2.24) is 9.78 Å². The lowest BCUT2D eigenvalue weighted by Crippen LogP contribution is -2.17. The summed E-state index contributed by atoms with van der Waals surface area (Å²) in [5, 5.41) is 5.24. The first-order valence-corrected chi connectivity index (χ1v) is 9.92. The Morgan fingerprint density at radius 1 is 0.963 bits per heavy atom. The van der Waals surface area contributed by atoms with E-state index in [4.69, 9.17) is 0 Å². The van der Waals surface area contributed by atoms with Gasteiger partial charge in [0.25, 0.3) is 5.56 Å². The summed E-state index contributed by atoms with van der Waals surface area (Å²) in [6, 6.07) is 19.5. The third-order valence-corrected chi connectivity index (χ3v) is 5.60. The zero-order valence-corrected chi connectivity index (χ0v) is 17.6. The van der Waals surface area contributed by atoms with Crippen LogP contribution in [0.25, 0.3) is 16.5 Å². The molecule has 0 fully saturated rings. The van der Waals surface area contributed by atoms with Crippen LogP contribution in [0.2, 0.25) is 0 Å². The number of H-pyrrole nitrogens is 1. The maximum absolute atomic E-state index is 12.8. The van der Waals surface area contributed by atoms with Crippen molar-refractivity contribution in [3.05, 3.63) is 91.2 Å². The normalized spacial score (nSPS) is 11.5. The van der Waals surface area contributed by atoms with E-state index in [1.807, 2.05) is 67.6 Å². The van der Waals surface area contributed by atoms with Crippen molar-refractivity contribution in [2.75, 3.05) is 0 Å². The second kappa shape index (κ2) is 7.29. The van der Waals surface area contributed by atoms with E-state index in [9.17, 15) is 4.79 Å². The van der Waals surface area contributed by atoms with Gasteiger partial charge in [-0.15, -0.1) is 0 Å². The predicted molar refractivity (Wildman–Crippen MR) is 118 cm³/mol. The Morgan fingerprint density at radius 3 is 2.41 bits per heavy atom. The molecule has 0 atom stereocenters. The first-order valence-electron chi connectivity index (χ1n) is 8.33. The molecular formula is C21H15Br2N3O. The van der Waals surface area contributed by atoms with Gasteiger partial charge in [-0.25, -0.2) is 4.68 Å². The highest BCUT2D eigenvalue weighted by molar-refractivity contribution is 9.11. The van der Waals surface area contributed by atoms with Crippen LogP contribution in [-0.2, 0) is 0 Å². The van der Waals surface area contributed by atoms with Crippen LogP contribution in [-0.4, -0.2) is 16.0 Å². The number of rotatable bonds is 3. The molecule has 4 nitrogen and oxygen atoms in total. The molecule has 134 valence electrons. The summed E-state index contributed by atoms with van der Waals surface area (Å²) in [6.45, 7) is 1.87. The molecule has 0 unspecified atom stereocenters. The molecule has 0 radical (unpaired) electrons. The van der Waals surface area contributed by atoms with Crippen molar-refractivity contribution < 1.29 is 0 Å². The van der Waals surface area contributed by atoms with Crippen molar-refractivity contribution in [3.8, 4) is 5.69 Å². The summed E-state index contributed by atoms with van der Waals surface area (Å²) in [4.78, 5) is 17.4. The fourth-order valence-electron chi connectivity index (χ4n) is 2.98. The summed E-state index contributed by atoms with van der Waals surface area (Å²) < 4.78 is 3.52. The maximum Gasteiger partial charge on any atom is 0.280 e. The molecule has 0 saturated carbocycles. The van der Waals surface area contributed by atoms with Crippen molar-refractivity contribution >= 4 is 54.5 Å². The SMILES string of the molecule is Cc1[nH]n(-c2ccc(Br)cc2)c(=O)c1C=Nc1ccc(Br)c2ccccc12. The third-order valence-electron chi connectivity index (χ3n) is 4.38. The lowest BCUT2D eigenvalue weighted by molar-refractivity contribution is 0.835. The van der Waals surface area contributed by atoms with Gasteiger partial charge in [-0.3, -0.25) is 14.9 Å². The molecular weight excluding hydrogens is 470 g/mol. The molecule has 3 aromatic carbocycles. The molecule has 1 aromatic heterocycles. The number of aromatic amines is 1. The average Bonchev–Trinajstić information content (AvgIpc) is 2.96. The number of aryl methyl sites for hydroxylation is 1. The second-order valence-electron chi connectivity index (χ2n) is 6.14. The predicted octanol–water partition coefficient (Wildman–Crippen LogP) is 5.90. The summed E-state index contributed by atoms with van der Waals surface area (Å²) in [7, 11) is 0. The fourth-order valence-corrected chi connectivity index (χ4v) is 3.72. The number of aliphatic imine (C=N–C) groups is 1. The van der Waals surface area contributed by atoms with Crippen molar-refractivity contribution in [1.29, 1.82) is 0 Å². The van der Waals surface area contributed by atoms with E-state index in [0.717, 1.165) is 36.8 Å². The van der Waals surface area contributed by atoms with E-state index < -0.39 is 0 Å². The highest BCUT2D eigenvalue weighted by Gasteiger charge is 2.11. The molecule has 0 bridgehead atoms. The molecule has 0 amide bonds. The van der Waals surface area contributed by atoms with E-state index in [1.165, 1.54) is 4.68 Å². The maximum atomic E-state index is 12.8. The number of benzene rings is 3. The van der Waals surface area contributed by atoms with Gasteiger partial charge in [0, 0.05) is 26.2 Å². The molecule has 0 spiro atoms. The van der Waals surface area contributed by atoms with Gasteiger partial charge in [0.1, 0.15) is 0 Å². The van der Waals surface area contributed by atoms with Gasteiger partial charge in [0.2, 0.25) is 0 Å². The molecule has 0 aliphatic carbocycles. The van der Waals surface area contributed by atoms with Crippen molar-refractivity contribution in [3.63, 3.8) is 0 Å². The van der Waals surface area contributed by atoms with Crippen LogP contribution in [0.3, 0.4) is 0 Å². The van der Waals surface area contributed by atoms with Gasteiger partial charge in [-0.1, -0.05) is 56.1 Å². The molecule has 27 heavy (non-hydrogen) atoms. The topological polar surface area (TPSA) is 50.1 Å². The van der Waals surface area contributed by atoms with Crippen LogP contribution in [0.1, 0.15) is 11.3 Å². The summed E-state index contributed by atoms with van der Waals surface area (Å²) in [5.41, 5.74) is 2.79. The number of nitrogens with one attached hydrogen (secondary N) is 1. The van der Waals surface area contributed by atoms with Gasteiger partial charge in [-0.05, 0) is 48.7 Å². The molecule has 0 aliphatic rings. The Bertz CT molecular complexity index is 1220. The summed E-state index contributed by atoms with van der Waals surface area (Å²) in [5.74, 6) is 0. The van der Waals surface area contributed by atoms with Gasteiger partial charge in [-0.2, -0.15) is 0 Å².